The van der Waals surface area contributed by atoms with Crippen LogP contribution in [0.3, 0.4) is 0 Å². The lowest BCUT2D eigenvalue weighted by atomic mass is 9.58. The van der Waals surface area contributed by atoms with Crippen LogP contribution in [0.1, 0.15) is 56.0 Å². The van der Waals surface area contributed by atoms with Crippen molar-refractivity contribution in [1.82, 2.24) is 9.88 Å². The highest BCUT2D eigenvalue weighted by Gasteiger charge is 2.53. The quantitative estimate of drug-likeness (QED) is 0.873. The zero-order valence-corrected chi connectivity index (χ0v) is 16.7. The maximum atomic E-state index is 13.5. The molecule has 1 saturated carbocycles. The maximum Gasteiger partial charge on any atom is 0.183 e. The first-order valence-electron chi connectivity index (χ1n) is 9.98. The average Bonchev–Trinajstić information content (AvgIpc) is 3.34. The largest absolute Gasteiger partial charge is 0.362 e. The Hall–Kier alpha value is -1.46. The van der Waals surface area contributed by atoms with E-state index in [2.05, 4.69) is 43.1 Å². The number of anilines is 1. The molecule has 26 heavy (non-hydrogen) atoms. The van der Waals surface area contributed by atoms with E-state index in [1.165, 1.54) is 18.4 Å². The molecule has 1 N–H and O–H groups in total. The Morgan fingerprint density at radius 1 is 1.38 bits per heavy atom. The summed E-state index contributed by atoms with van der Waals surface area (Å²) in [7, 11) is 0. The Balaban J connectivity index is 1.62. The van der Waals surface area contributed by atoms with E-state index < -0.39 is 0 Å². The molecule has 1 aromatic heterocycles. The smallest absolute Gasteiger partial charge is 0.183 e. The minimum atomic E-state index is 0.0560. The number of fused-ring (bicyclic) bond motifs is 5. The zero-order chi connectivity index (χ0) is 18.1. The molecule has 3 atom stereocenters. The molecule has 2 aromatic rings. The van der Waals surface area contributed by atoms with Crippen molar-refractivity contribution in [2.45, 2.75) is 51.5 Å². The summed E-state index contributed by atoms with van der Waals surface area (Å²) in [5.74, 6) is 1.53. The van der Waals surface area contributed by atoms with Crippen LogP contribution in [0.5, 0.6) is 0 Å². The molecule has 5 heteroatoms. The molecule has 0 spiro atoms. The Labute approximate surface area is 159 Å². The van der Waals surface area contributed by atoms with Gasteiger partial charge in [-0.2, -0.15) is 0 Å². The Bertz CT molecular complexity index is 887. The van der Waals surface area contributed by atoms with Gasteiger partial charge < -0.3 is 5.32 Å². The molecule has 1 saturated heterocycles. The van der Waals surface area contributed by atoms with Crippen LogP contribution in [0.15, 0.2) is 12.1 Å². The van der Waals surface area contributed by atoms with E-state index in [1.54, 1.807) is 11.3 Å². The van der Waals surface area contributed by atoms with Crippen molar-refractivity contribution in [3.8, 4) is 0 Å². The first-order valence-corrected chi connectivity index (χ1v) is 10.8. The van der Waals surface area contributed by atoms with Crippen LogP contribution in [0, 0.1) is 11.8 Å². The van der Waals surface area contributed by atoms with Crippen molar-refractivity contribution in [2.75, 3.05) is 25.0 Å². The lowest BCUT2D eigenvalue weighted by molar-refractivity contribution is 0.0267. The molecule has 2 bridgehead atoms. The van der Waals surface area contributed by atoms with Crippen molar-refractivity contribution in [3.63, 3.8) is 0 Å². The number of nitrogens with one attached hydrogen (secondary N) is 1. The molecular weight excluding hydrogens is 342 g/mol. The van der Waals surface area contributed by atoms with Gasteiger partial charge in [0.05, 0.1) is 16.3 Å². The summed E-state index contributed by atoms with van der Waals surface area (Å²) < 4.78 is 1.12. The second-order valence-electron chi connectivity index (χ2n) is 8.62. The fourth-order valence-electron chi connectivity index (χ4n) is 5.05. The van der Waals surface area contributed by atoms with Gasteiger partial charge in [-0.1, -0.05) is 25.2 Å². The van der Waals surface area contributed by atoms with Crippen molar-refractivity contribution in [2.24, 2.45) is 11.8 Å². The van der Waals surface area contributed by atoms with E-state index in [0.29, 0.717) is 11.7 Å². The predicted molar refractivity (Wildman–Crippen MR) is 107 cm³/mol. The zero-order valence-electron chi connectivity index (χ0n) is 15.8. The number of carbonyl (C=O) groups excluding carboxylic acids is 1. The van der Waals surface area contributed by atoms with Gasteiger partial charge in [-0.15, -0.1) is 0 Å². The number of rotatable bonds is 4. The average molecular weight is 370 g/mol. The monoisotopic (exact) mass is 369 g/mol. The predicted octanol–water partition coefficient (Wildman–Crippen LogP) is 4.30. The maximum absolute atomic E-state index is 13.5. The molecule has 4 nitrogen and oxygen atoms in total. The third kappa shape index (κ3) is 2.36. The van der Waals surface area contributed by atoms with Gasteiger partial charge in [-0.3, -0.25) is 9.69 Å². The third-order valence-electron chi connectivity index (χ3n) is 6.99. The highest BCUT2D eigenvalue weighted by atomic mass is 32.1. The van der Waals surface area contributed by atoms with Gasteiger partial charge >= 0.3 is 0 Å². The van der Waals surface area contributed by atoms with Crippen LogP contribution in [-0.2, 0) is 5.41 Å². The molecule has 0 amide bonds. The lowest BCUT2D eigenvalue weighted by Gasteiger charge is -2.53. The fourth-order valence-corrected chi connectivity index (χ4v) is 6.01. The standard InChI is InChI=1S/C21H27N3OS/c1-4-22-20-23-16-10-15-14(9-17(16)26-20)19(25)18-12(2)21(15,3)7-8-24(18)11-13-5-6-13/h9-10,12-13,18H,4-8,11H2,1-3H3,(H,22,23)/t12-,18-,21+/m0/s1. The van der Waals surface area contributed by atoms with Crippen LogP contribution in [0.25, 0.3) is 10.2 Å². The first-order chi connectivity index (χ1) is 12.5. The van der Waals surface area contributed by atoms with E-state index in [4.69, 9.17) is 4.98 Å². The molecule has 138 valence electrons. The minimum Gasteiger partial charge on any atom is -0.362 e. The third-order valence-corrected chi connectivity index (χ3v) is 7.96. The summed E-state index contributed by atoms with van der Waals surface area (Å²) in [6.07, 6.45) is 3.82. The molecule has 0 unspecified atom stereocenters. The Morgan fingerprint density at radius 2 is 2.19 bits per heavy atom. The molecule has 1 aliphatic heterocycles. The fraction of sp³-hybridized carbons (Fsp3) is 0.619. The van der Waals surface area contributed by atoms with Crippen LogP contribution in [-0.4, -0.2) is 41.3 Å². The van der Waals surface area contributed by atoms with Crippen LogP contribution in [0.4, 0.5) is 5.13 Å². The van der Waals surface area contributed by atoms with E-state index in [1.807, 2.05) is 0 Å². The number of hydrogen-bond donors (Lipinski definition) is 1. The number of aromatic nitrogens is 1. The van der Waals surface area contributed by atoms with Gasteiger partial charge in [-0.05, 0) is 67.7 Å². The Kier molecular flexibility index (Phi) is 3.70. The van der Waals surface area contributed by atoms with E-state index in [9.17, 15) is 4.79 Å². The molecule has 0 radical (unpaired) electrons. The van der Waals surface area contributed by atoms with Gasteiger partial charge in [-0.25, -0.2) is 4.98 Å². The molecule has 1 aromatic carbocycles. The summed E-state index contributed by atoms with van der Waals surface area (Å²) in [6.45, 7) is 9.77. The van der Waals surface area contributed by atoms with E-state index in [-0.39, 0.29) is 11.5 Å². The second-order valence-corrected chi connectivity index (χ2v) is 9.65. The van der Waals surface area contributed by atoms with Crippen molar-refractivity contribution >= 4 is 32.5 Å². The molecule has 3 aliphatic rings. The molecule has 2 aliphatic carbocycles. The molecular formula is C21H27N3OS. The number of Topliss-reactive ketones (excluding diaryl/α,β-unsaturated/α-hetero) is 1. The number of thiazole rings is 1. The van der Waals surface area contributed by atoms with Crippen molar-refractivity contribution in [3.05, 3.63) is 23.3 Å². The topological polar surface area (TPSA) is 45.2 Å². The van der Waals surface area contributed by atoms with Crippen molar-refractivity contribution in [1.29, 1.82) is 0 Å². The number of ketones is 1. The van der Waals surface area contributed by atoms with Crippen LogP contribution in [0.2, 0.25) is 0 Å². The summed E-state index contributed by atoms with van der Waals surface area (Å²) >= 11 is 1.66. The molecule has 2 heterocycles. The summed E-state index contributed by atoms with van der Waals surface area (Å²) in [6, 6.07) is 4.40. The summed E-state index contributed by atoms with van der Waals surface area (Å²) in [5, 5.41) is 4.27. The highest BCUT2D eigenvalue weighted by Crippen LogP contribution is 2.50. The van der Waals surface area contributed by atoms with Gasteiger partial charge in [0, 0.05) is 18.7 Å². The Morgan fingerprint density at radius 3 is 2.92 bits per heavy atom. The molecule has 5 rings (SSSR count). The van der Waals surface area contributed by atoms with Gasteiger partial charge in [0.2, 0.25) is 0 Å². The number of likely N-dealkylation sites (tertiary alicyclic amines) is 1. The normalized spacial score (nSPS) is 31.3. The van der Waals surface area contributed by atoms with Crippen LogP contribution >= 0.6 is 11.3 Å². The highest BCUT2D eigenvalue weighted by molar-refractivity contribution is 7.22. The van der Waals surface area contributed by atoms with Crippen molar-refractivity contribution < 1.29 is 4.79 Å². The van der Waals surface area contributed by atoms with Gasteiger partial charge in [0.15, 0.2) is 10.9 Å². The number of benzene rings is 1. The first kappa shape index (κ1) is 16.7. The van der Waals surface area contributed by atoms with Gasteiger partial charge in [0.1, 0.15) is 0 Å². The summed E-state index contributed by atoms with van der Waals surface area (Å²) in [5.41, 5.74) is 3.29. The lowest BCUT2D eigenvalue weighted by Crippen LogP contribution is -2.61. The van der Waals surface area contributed by atoms with E-state index >= 15 is 0 Å². The number of nitrogens with zero attached hydrogens (tertiary/aromatic N) is 2. The van der Waals surface area contributed by atoms with Crippen LogP contribution < -0.4 is 5.32 Å². The molecule has 2 fully saturated rings. The SMILES string of the molecule is CCNc1nc2cc3c(cc2s1)C(=O)[C@@H]1[C@H](C)[C@@]3(C)CCN1CC1CC1. The van der Waals surface area contributed by atoms with Gasteiger partial charge in [0.25, 0.3) is 0 Å². The number of hydrogen-bond acceptors (Lipinski definition) is 5. The second kappa shape index (κ2) is 5.77. The van der Waals surface area contributed by atoms with E-state index in [0.717, 1.165) is 52.9 Å². The number of carbonyl (C=O) groups is 1. The number of piperidine rings is 1. The summed E-state index contributed by atoms with van der Waals surface area (Å²) in [4.78, 5) is 20.7. The minimum absolute atomic E-state index is 0.0560.